The summed E-state index contributed by atoms with van der Waals surface area (Å²) in [5, 5.41) is 3.57. The maximum Gasteiger partial charge on any atom is 0.255 e. The molecule has 0 atom stereocenters. The molecule has 3 N–H and O–H groups in total. The second-order valence-electron chi connectivity index (χ2n) is 9.72. The molecule has 1 aliphatic rings. The summed E-state index contributed by atoms with van der Waals surface area (Å²) >= 11 is 6.07. The van der Waals surface area contributed by atoms with E-state index in [4.69, 9.17) is 22.1 Å². The second-order valence-corrected chi connectivity index (χ2v) is 10.2. The van der Waals surface area contributed by atoms with Gasteiger partial charge in [-0.15, -0.1) is 0 Å². The number of rotatable bonds is 15. The van der Waals surface area contributed by atoms with Gasteiger partial charge in [0.05, 0.1) is 5.56 Å². The normalized spacial score (nSPS) is 14.8. The molecule has 3 rings (SSSR count). The van der Waals surface area contributed by atoms with Crippen molar-refractivity contribution < 1.29 is 9.53 Å². The molecule has 2 aromatic carbocycles. The molecule has 1 amide bonds. The second kappa shape index (κ2) is 15.9. The highest BCUT2D eigenvalue weighted by molar-refractivity contribution is 6.31. The van der Waals surface area contributed by atoms with Gasteiger partial charge in [0.15, 0.2) is 0 Å². The minimum Gasteiger partial charge on any atom is -0.478 e. The van der Waals surface area contributed by atoms with Gasteiger partial charge in [-0.05, 0) is 88.1 Å². The predicted molar refractivity (Wildman–Crippen MR) is 148 cm³/mol. The lowest BCUT2D eigenvalue weighted by molar-refractivity contribution is 0.0932. The predicted octanol–water partition coefficient (Wildman–Crippen LogP) is 5.16. The van der Waals surface area contributed by atoms with Crippen molar-refractivity contribution >= 4 is 17.5 Å². The lowest BCUT2D eigenvalue weighted by Gasteiger charge is -2.32. The van der Waals surface area contributed by atoms with Crippen LogP contribution in [-0.2, 0) is 6.54 Å². The Morgan fingerprint density at radius 1 is 1.11 bits per heavy atom. The van der Waals surface area contributed by atoms with E-state index in [0.29, 0.717) is 28.8 Å². The van der Waals surface area contributed by atoms with Crippen molar-refractivity contribution in [2.45, 2.75) is 52.0 Å². The quantitative estimate of drug-likeness (QED) is 0.254. The van der Waals surface area contributed by atoms with Crippen molar-refractivity contribution in [3.8, 4) is 5.75 Å². The number of carbonyl (C=O) groups excluding carboxylic acids is 1. The standard InChI is InChI=1S/C29H43ClN4O2/c1-2-33(22-25-10-6-5-7-11-25)16-8-3-4-9-17-34-18-14-24(15-19-34)21-32-29(35)27-20-26(30)12-13-28(27)36-23-31/h5-7,10-13,20,24H,2-4,8-9,14-19,21-23,31H2,1H3,(H,32,35). The number of ether oxygens (including phenoxy) is 1. The summed E-state index contributed by atoms with van der Waals surface area (Å²) in [7, 11) is 0. The molecule has 2 aromatic rings. The number of unbranched alkanes of at least 4 members (excludes halogenated alkanes) is 3. The van der Waals surface area contributed by atoms with Crippen LogP contribution in [-0.4, -0.2) is 61.7 Å². The van der Waals surface area contributed by atoms with Crippen LogP contribution in [0.1, 0.15) is 61.4 Å². The van der Waals surface area contributed by atoms with Gasteiger partial charge in [-0.2, -0.15) is 0 Å². The number of nitrogens with one attached hydrogen (secondary N) is 1. The lowest BCUT2D eigenvalue weighted by Crippen LogP contribution is -2.39. The number of benzene rings is 2. The monoisotopic (exact) mass is 514 g/mol. The number of amides is 1. The first-order chi connectivity index (χ1) is 17.6. The Hall–Kier alpha value is -2.12. The fourth-order valence-corrected chi connectivity index (χ4v) is 5.03. The molecule has 1 aliphatic heterocycles. The number of carbonyl (C=O) groups is 1. The van der Waals surface area contributed by atoms with Crippen LogP contribution >= 0.6 is 11.6 Å². The van der Waals surface area contributed by atoms with Crippen LogP contribution in [0.4, 0.5) is 0 Å². The van der Waals surface area contributed by atoms with Gasteiger partial charge in [-0.1, -0.05) is 61.7 Å². The molecule has 1 fully saturated rings. The number of nitrogens with zero attached hydrogens (tertiary/aromatic N) is 2. The summed E-state index contributed by atoms with van der Waals surface area (Å²) in [5.74, 6) is 0.814. The van der Waals surface area contributed by atoms with Gasteiger partial charge >= 0.3 is 0 Å². The van der Waals surface area contributed by atoms with Crippen LogP contribution in [0, 0.1) is 5.92 Å². The van der Waals surface area contributed by atoms with Gasteiger partial charge in [0.2, 0.25) is 0 Å². The first kappa shape index (κ1) is 28.5. The lowest BCUT2D eigenvalue weighted by atomic mass is 9.96. The SMILES string of the molecule is CCN(CCCCCCN1CCC(CNC(=O)c2cc(Cl)ccc2OCN)CC1)Cc1ccccc1. The fraction of sp³-hybridized carbons (Fsp3) is 0.552. The van der Waals surface area contributed by atoms with Gasteiger partial charge in [0.1, 0.15) is 12.5 Å². The van der Waals surface area contributed by atoms with Crippen molar-refractivity contribution in [1.82, 2.24) is 15.1 Å². The molecule has 0 radical (unpaired) electrons. The molecule has 0 spiro atoms. The molecule has 198 valence electrons. The molecule has 6 nitrogen and oxygen atoms in total. The highest BCUT2D eigenvalue weighted by atomic mass is 35.5. The minimum atomic E-state index is -0.159. The molecule has 1 heterocycles. The summed E-state index contributed by atoms with van der Waals surface area (Å²) in [5.41, 5.74) is 7.32. The Labute approximate surface area is 222 Å². The van der Waals surface area contributed by atoms with Crippen molar-refractivity contribution in [2.75, 3.05) is 46.0 Å². The van der Waals surface area contributed by atoms with Crippen molar-refractivity contribution in [1.29, 1.82) is 0 Å². The van der Waals surface area contributed by atoms with Crippen LogP contribution in [0.2, 0.25) is 5.02 Å². The van der Waals surface area contributed by atoms with E-state index < -0.39 is 0 Å². The molecule has 36 heavy (non-hydrogen) atoms. The highest BCUT2D eigenvalue weighted by Gasteiger charge is 2.20. The molecular weight excluding hydrogens is 472 g/mol. The third kappa shape index (κ3) is 9.74. The molecular formula is C29H43ClN4O2. The van der Waals surface area contributed by atoms with Gasteiger partial charge in [0.25, 0.3) is 5.91 Å². The number of nitrogens with two attached hydrogens (primary N) is 1. The van der Waals surface area contributed by atoms with E-state index in [9.17, 15) is 4.79 Å². The zero-order valence-corrected chi connectivity index (χ0v) is 22.5. The molecule has 0 aliphatic carbocycles. The molecule has 7 heteroatoms. The van der Waals surface area contributed by atoms with E-state index in [0.717, 1.165) is 39.0 Å². The van der Waals surface area contributed by atoms with Crippen LogP contribution in [0.3, 0.4) is 0 Å². The van der Waals surface area contributed by atoms with E-state index in [1.807, 2.05) is 0 Å². The topological polar surface area (TPSA) is 70.8 Å². The Kier molecular flexibility index (Phi) is 12.5. The number of piperidine rings is 1. The zero-order valence-electron chi connectivity index (χ0n) is 21.8. The Balaban J connectivity index is 1.25. The number of hydrogen-bond acceptors (Lipinski definition) is 5. The number of likely N-dealkylation sites (tertiary alicyclic amines) is 1. The summed E-state index contributed by atoms with van der Waals surface area (Å²) < 4.78 is 5.37. The van der Waals surface area contributed by atoms with Gasteiger partial charge in [0, 0.05) is 18.1 Å². The van der Waals surface area contributed by atoms with E-state index in [2.05, 4.69) is 52.4 Å². The summed E-state index contributed by atoms with van der Waals surface area (Å²) in [4.78, 5) is 17.8. The van der Waals surface area contributed by atoms with E-state index in [1.165, 1.54) is 44.3 Å². The van der Waals surface area contributed by atoms with Crippen LogP contribution in [0.5, 0.6) is 5.75 Å². The van der Waals surface area contributed by atoms with Crippen molar-refractivity contribution in [3.05, 3.63) is 64.7 Å². The first-order valence-electron chi connectivity index (χ1n) is 13.5. The Morgan fingerprint density at radius 3 is 2.58 bits per heavy atom. The van der Waals surface area contributed by atoms with E-state index >= 15 is 0 Å². The van der Waals surface area contributed by atoms with Gasteiger partial charge in [-0.3, -0.25) is 15.4 Å². The van der Waals surface area contributed by atoms with Gasteiger partial charge < -0.3 is 15.0 Å². The van der Waals surface area contributed by atoms with Crippen LogP contribution in [0.15, 0.2) is 48.5 Å². The summed E-state index contributed by atoms with van der Waals surface area (Å²) in [6, 6.07) is 15.8. The van der Waals surface area contributed by atoms with E-state index in [-0.39, 0.29) is 12.6 Å². The maximum absolute atomic E-state index is 12.7. The smallest absolute Gasteiger partial charge is 0.255 e. The van der Waals surface area contributed by atoms with Crippen LogP contribution < -0.4 is 15.8 Å². The Bertz CT molecular complexity index is 903. The summed E-state index contributed by atoms with van der Waals surface area (Å²) in [6.45, 7) is 9.69. The zero-order chi connectivity index (χ0) is 25.6. The Morgan fingerprint density at radius 2 is 1.86 bits per heavy atom. The number of halogens is 1. The summed E-state index contributed by atoms with van der Waals surface area (Å²) in [6.07, 6.45) is 7.37. The maximum atomic E-state index is 12.7. The molecule has 0 aromatic heterocycles. The van der Waals surface area contributed by atoms with E-state index in [1.54, 1.807) is 18.2 Å². The third-order valence-electron chi connectivity index (χ3n) is 7.08. The van der Waals surface area contributed by atoms with Gasteiger partial charge in [-0.25, -0.2) is 0 Å². The largest absolute Gasteiger partial charge is 0.478 e. The first-order valence-corrected chi connectivity index (χ1v) is 13.9. The van der Waals surface area contributed by atoms with Crippen molar-refractivity contribution in [2.24, 2.45) is 11.7 Å². The van der Waals surface area contributed by atoms with Crippen LogP contribution in [0.25, 0.3) is 0 Å². The average molecular weight is 515 g/mol. The molecule has 0 unspecified atom stereocenters. The molecule has 1 saturated heterocycles. The van der Waals surface area contributed by atoms with Crippen molar-refractivity contribution in [3.63, 3.8) is 0 Å². The number of hydrogen-bond donors (Lipinski definition) is 2. The third-order valence-corrected chi connectivity index (χ3v) is 7.31. The highest BCUT2D eigenvalue weighted by Crippen LogP contribution is 2.23. The minimum absolute atomic E-state index is 0.0197. The molecule has 0 saturated carbocycles. The molecule has 0 bridgehead atoms. The fourth-order valence-electron chi connectivity index (χ4n) is 4.86. The average Bonchev–Trinajstić information content (AvgIpc) is 2.91.